The summed E-state index contributed by atoms with van der Waals surface area (Å²) in [5.74, 6) is 1.65. The number of carbonyl (C=O) groups is 1. The van der Waals surface area contributed by atoms with Crippen molar-refractivity contribution in [1.29, 1.82) is 0 Å². The molecule has 0 bridgehead atoms. The Kier molecular flexibility index (Phi) is 4.01. The number of aromatic nitrogens is 3. The highest BCUT2D eigenvalue weighted by molar-refractivity contribution is 6.30. The Bertz CT molecular complexity index is 916. The van der Waals surface area contributed by atoms with Gasteiger partial charge in [-0.1, -0.05) is 29.3 Å². The van der Waals surface area contributed by atoms with E-state index in [0.717, 1.165) is 22.8 Å². The summed E-state index contributed by atoms with van der Waals surface area (Å²) in [6, 6.07) is 15.2. The topological polar surface area (TPSA) is 51.0 Å². The van der Waals surface area contributed by atoms with Crippen LogP contribution in [0.2, 0.25) is 5.02 Å². The number of aryl methyl sites for hydroxylation is 1. The maximum absolute atomic E-state index is 12.7. The van der Waals surface area contributed by atoms with Gasteiger partial charge in [0.2, 0.25) is 0 Å². The van der Waals surface area contributed by atoms with E-state index in [1.165, 1.54) is 0 Å². The molecule has 0 fully saturated rings. The van der Waals surface area contributed by atoms with Crippen LogP contribution in [-0.4, -0.2) is 32.1 Å². The Balaban J connectivity index is 1.57. The Morgan fingerprint density at radius 1 is 1.00 bits per heavy atom. The third-order valence-corrected chi connectivity index (χ3v) is 4.69. The number of halogens is 1. The Morgan fingerprint density at radius 2 is 1.72 bits per heavy atom. The van der Waals surface area contributed by atoms with Crippen LogP contribution in [0.4, 0.5) is 0 Å². The van der Waals surface area contributed by atoms with E-state index in [4.69, 9.17) is 11.6 Å². The van der Waals surface area contributed by atoms with Crippen LogP contribution >= 0.6 is 11.6 Å². The monoisotopic (exact) mass is 352 g/mol. The van der Waals surface area contributed by atoms with Gasteiger partial charge in [0.15, 0.2) is 11.6 Å². The van der Waals surface area contributed by atoms with Crippen molar-refractivity contribution in [2.75, 3.05) is 6.54 Å². The predicted molar refractivity (Wildman–Crippen MR) is 96.4 cm³/mol. The van der Waals surface area contributed by atoms with Gasteiger partial charge in [-0.05, 0) is 43.3 Å². The maximum Gasteiger partial charge on any atom is 0.254 e. The summed E-state index contributed by atoms with van der Waals surface area (Å²) in [5, 5.41) is 9.28. The number of hydrogen-bond donors (Lipinski definition) is 0. The molecule has 6 heteroatoms. The van der Waals surface area contributed by atoms with Crippen molar-refractivity contribution in [2.24, 2.45) is 0 Å². The zero-order valence-electron chi connectivity index (χ0n) is 13.8. The molecule has 0 radical (unpaired) electrons. The minimum Gasteiger partial charge on any atom is -0.329 e. The van der Waals surface area contributed by atoms with E-state index in [1.54, 1.807) is 0 Å². The van der Waals surface area contributed by atoms with E-state index in [-0.39, 0.29) is 5.91 Å². The third-order valence-electron chi connectivity index (χ3n) is 4.44. The number of carbonyl (C=O) groups excluding carboxylic acids is 1. The van der Waals surface area contributed by atoms with Crippen molar-refractivity contribution in [3.63, 3.8) is 0 Å². The largest absolute Gasteiger partial charge is 0.329 e. The standard InChI is InChI=1S/C19H17ClN4O/c1-13-2-4-15(5-3-13)19(25)23-10-11-24-17(12-23)21-22-18(24)14-6-8-16(20)9-7-14/h2-9H,10-12H2,1H3. The van der Waals surface area contributed by atoms with Gasteiger partial charge >= 0.3 is 0 Å². The molecule has 1 amide bonds. The molecule has 25 heavy (non-hydrogen) atoms. The fourth-order valence-corrected chi connectivity index (χ4v) is 3.15. The number of amides is 1. The van der Waals surface area contributed by atoms with Crippen molar-refractivity contribution >= 4 is 17.5 Å². The van der Waals surface area contributed by atoms with Crippen LogP contribution in [-0.2, 0) is 13.1 Å². The minimum absolute atomic E-state index is 0.0299. The van der Waals surface area contributed by atoms with E-state index in [2.05, 4.69) is 14.8 Å². The first kappa shape index (κ1) is 15.8. The molecule has 2 aromatic carbocycles. The highest BCUT2D eigenvalue weighted by Crippen LogP contribution is 2.24. The first-order chi connectivity index (χ1) is 12.1. The lowest BCUT2D eigenvalue weighted by atomic mass is 10.1. The van der Waals surface area contributed by atoms with E-state index in [1.807, 2.05) is 60.4 Å². The molecule has 1 aromatic heterocycles. The quantitative estimate of drug-likeness (QED) is 0.708. The number of rotatable bonds is 2. The van der Waals surface area contributed by atoms with Crippen LogP contribution in [0.3, 0.4) is 0 Å². The summed E-state index contributed by atoms with van der Waals surface area (Å²) in [5.41, 5.74) is 2.82. The highest BCUT2D eigenvalue weighted by atomic mass is 35.5. The molecule has 5 nitrogen and oxygen atoms in total. The number of benzene rings is 2. The molecule has 0 unspecified atom stereocenters. The summed E-state index contributed by atoms with van der Waals surface area (Å²) in [4.78, 5) is 14.5. The van der Waals surface area contributed by atoms with Crippen LogP contribution in [0.5, 0.6) is 0 Å². The molecule has 0 aliphatic carbocycles. The Hall–Kier alpha value is -2.66. The zero-order valence-corrected chi connectivity index (χ0v) is 14.6. The summed E-state index contributed by atoms with van der Waals surface area (Å²) < 4.78 is 2.07. The second kappa shape index (κ2) is 6.33. The fraction of sp³-hybridized carbons (Fsp3) is 0.211. The van der Waals surface area contributed by atoms with Crippen LogP contribution in [0.25, 0.3) is 11.4 Å². The lowest BCUT2D eigenvalue weighted by Crippen LogP contribution is -2.38. The summed E-state index contributed by atoms with van der Waals surface area (Å²) in [7, 11) is 0. The van der Waals surface area contributed by atoms with E-state index >= 15 is 0 Å². The SMILES string of the molecule is Cc1ccc(C(=O)N2CCn3c(nnc3-c3ccc(Cl)cc3)C2)cc1. The molecular weight excluding hydrogens is 336 g/mol. The lowest BCUT2D eigenvalue weighted by Gasteiger charge is -2.28. The van der Waals surface area contributed by atoms with Crippen LogP contribution < -0.4 is 0 Å². The van der Waals surface area contributed by atoms with Crippen LogP contribution in [0, 0.1) is 6.92 Å². The molecule has 1 aliphatic rings. The van der Waals surface area contributed by atoms with Gasteiger partial charge in [-0.15, -0.1) is 10.2 Å². The van der Waals surface area contributed by atoms with Gasteiger partial charge in [0.1, 0.15) is 0 Å². The molecule has 3 aromatic rings. The molecule has 0 N–H and O–H groups in total. The van der Waals surface area contributed by atoms with Gasteiger partial charge in [-0.2, -0.15) is 0 Å². The smallest absolute Gasteiger partial charge is 0.254 e. The molecule has 0 atom stereocenters. The molecule has 1 aliphatic heterocycles. The van der Waals surface area contributed by atoms with E-state index in [0.29, 0.717) is 30.2 Å². The molecule has 2 heterocycles. The summed E-state index contributed by atoms with van der Waals surface area (Å²) in [6.45, 7) is 3.79. The maximum atomic E-state index is 12.7. The second-order valence-corrected chi connectivity index (χ2v) is 6.63. The third kappa shape index (κ3) is 3.03. The first-order valence-electron chi connectivity index (χ1n) is 8.16. The molecular formula is C19H17ClN4O. The molecule has 0 saturated carbocycles. The van der Waals surface area contributed by atoms with Crippen molar-refractivity contribution < 1.29 is 4.79 Å². The second-order valence-electron chi connectivity index (χ2n) is 6.19. The lowest BCUT2D eigenvalue weighted by molar-refractivity contribution is 0.0708. The van der Waals surface area contributed by atoms with Gasteiger partial charge in [-0.25, -0.2) is 0 Å². The Labute approximate surface area is 150 Å². The van der Waals surface area contributed by atoms with Gasteiger partial charge in [0.05, 0.1) is 6.54 Å². The Morgan fingerprint density at radius 3 is 2.44 bits per heavy atom. The molecule has 0 spiro atoms. The van der Waals surface area contributed by atoms with E-state index < -0.39 is 0 Å². The minimum atomic E-state index is 0.0299. The highest BCUT2D eigenvalue weighted by Gasteiger charge is 2.25. The average Bonchev–Trinajstić information content (AvgIpc) is 3.05. The van der Waals surface area contributed by atoms with E-state index in [9.17, 15) is 4.79 Å². The molecule has 0 saturated heterocycles. The summed E-state index contributed by atoms with van der Waals surface area (Å²) in [6.07, 6.45) is 0. The summed E-state index contributed by atoms with van der Waals surface area (Å²) >= 11 is 5.95. The van der Waals surface area contributed by atoms with Gasteiger partial charge < -0.3 is 9.47 Å². The van der Waals surface area contributed by atoms with Crippen molar-refractivity contribution in [2.45, 2.75) is 20.0 Å². The molecule has 4 rings (SSSR count). The average molecular weight is 353 g/mol. The molecule has 126 valence electrons. The van der Waals surface area contributed by atoms with Gasteiger partial charge in [0.25, 0.3) is 5.91 Å². The normalized spacial score (nSPS) is 13.6. The number of hydrogen-bond acceptors (Lipinski definition) is 3. The van der Waals surface area contributed by atoms with Crippen molar-refractivity contribution in [3.8, 4) is 11.4 Å². The zero-order chi connectivity index (χ0) is 17.4. The number of fused-ring (bicyclic) bond motifs is 1. The van der Waals surface area contributed by atoms with Gasteiger partial charge in [-0.3, -0.25) is 4.79 Å². The van der Waals surface area contributed by atoms with Crippen molar-refractivity contribution in [3.05, 3.63) is 70.5 Å². The van der Waals surface area contributed by atoms with Gasteiger partial charge in [0, 0.05) is 29.2 Å². The van der Waals surface area contributed by atoms with Crippen LogP contribution in [0.1, 0.15) is 21.7 Å². The predicted octanol–water partition coefficient (Wildman–Crippen LogP) is 3.56. The fourth-order valence-electron chi connectivity index (χ4n) is 3.02. The van der Waals surface area contributed by atoms with Crippen molar-refractivity contribution in [1.82, 2.24) is 19.7 Å². The van der Waals surface area contributed by atoms with Crippen LogP contribution in [0.15, 0.2) is 48.5 Å². The first-order valence-corrected chi connectivity index (χ1v) is 8.53. The number of nitrogens with zero attached hydrogens (tertiary/aromatic N) is 4.